The molecule has 3 N–H and O–H groups in total. The SMILES string of the molecule is CC[C@H](C)[C@@H]([C@@H](CC(=O)N1CCC[C@H]1[C@H](OC)[C@@H](C)C(=O)N[C@@H](Cc1ccccc1)C(=O)OC)OC)N(C)C(=O)[C@@H](NC(=O)[C@H]1N[C@@H]2CC[C@H]1C2)C(C)C. The average Bonchev–Trinajstić information content (AvgIpc) is 3.95. The van der Waals surface area contributed by atoms with Crippen molar-refractivity contribution in [1.29, 1.82) is 0 Å². The van der Waals surface area contributed by atoms with Gasteiger partial charge in [0.2, 0.25) is 23.6 Å². The quantitative estimate of drug-likeness (QED) is 0.181. The molecule has 13 heteroatoms. The number of hydrogen-bond acceptors (Lipinski definition) is 9. The molecule has 0 aromatic heterocycles. The lowest BCUT2D eigenvalue weighted by molar-refractivity contribution is -0.148. The minimum absolute atomic E-state index is 0.0177. The number of fused-ring (bicyclic) bond motifs is 2. The highest BCUT2D eigenvalue weighted by atomic mass is 16.5. The second kappa shape index (κ2) is 19.9. The zero-order chi connectivity index (χ0) is 39.7. The lowest BCUT2D eigenvalue weighted by Crippen LogP contribution is -2.60. The van der Waals surface area contributed by atoms with Gasteiger partial charge in [-0.15, -0.1) is 0 Å². The molecule has 0 unspecified atom stereocenters. The second-order valence-corrected chi connectivity index (χ2v) is 16.0. The number of likely N-dealkylation sites (N-methyl/N-ethyl adjacent to an activating group) is 1. The van der Waals surface area contributed by atoms with E-state index < -0.39 is 42.2 Å². The Labute approximate surface area is 322 Å². The number of esters is 1. The Hall–Kier alpha value is -3.55. The molecule has 11 atom stereocenters. The van der Waals surface area contributed by atoms with E-state index in [9.17, 15) is 24.0 Å². The largest absolute Gasteiger partial charge is 0.467 e. The van der Waals surface area contributed by atoms with Crippen LogP contribution in [0.15, 0.2) is 30.3 Å². The first-order valence-corrected chi connectivity index (χ1v) is 19.9. The summed E-state index contributed by atoms with van der Waals surface area (Å²) in [5.74, 6) is -1.97. The molecule has 1 aliphatic carbocycles. The van der Waals surface area contributed by atoms with Crippen LogP contribution in [0, 0.1) is 23.7 Å². The van der Waals surface area contributed by atoms with Crippen molar-refractivity contribution in [2.24, 2.45) is 23.7 Å². The van der Waals surface area contributed by atoms with Gasteiger partial charge < -0.3 is 40.0 Å². The van der Waals surface area contributed by atoms with Crippen LogP contribution in [0.1, 0.15) is 85.1 Å². The van der Waals surface area contributed by atoms with Gasteiger partial charge in [-0.25, -0.2) is 4.79 Å². The van der Waals surface area contributed by atoms with Gasteiger partial charge in [0.05, 0.1) is 49.8 Å². The van der Waals surface area contributed by atoms with Crippen molar-refractivity contribution in [3.8, 4) is 0 Å². The molecule has 2 bridgehead atoms. The van der Waals surface area contributed by atoms with Crippen LogP contribution in [0.25, 0.3) is 0 Å². The second-order valence-electron chi connectivity index (χ2n) is 16.0. The molecule has 0 spiro atoms. The lowest BCUT2D eigenvalue weighted by atomic mass is 9.89. The fourth-order valence-corrected chi connectivity index (χ4v) is 8.92. The number of amides is 4. The van der Waals surface area contributed by atoms with Gasteiger partial charge in [-0.05, 0) is 55.4 Å². The molecule has 13 nitrogen and oxygen atoms in total. The van der Waals surface area contributed by atoms with Crippen LogP contribution >= 0.6 is 0 Å². The molecule has 1 aromatic rings. The summed E-state index contributed by atoms with van der Waals surface area (Å²) >= 11 is 0. The monoisotopic (exact) mass is 755 g/mol. The Morgan fingerprint density at radius 3 is 2.22 bits per heavy atom. The van der Waals surface area contributed by atoms with Crippen LogP contribution in [0.5, 0.6) is 0 Å². The van der Waals surface area contributed by atoms with E-state index in [1.165, 1.54) is 14.2 Å². The Morgan fingerprint density at radius 2 is 1.67 bits per heavy atom. The van der Waals surface area contributed by atoms with Crippen LogP contribution in [0.3, 0.4) is 0 Å². The van der Waals surface area contributed by atoms with Gasteiger partial charge in [-0.3, -0.25) is 19.2 Å². The number of hydrogen-bond donors (Lipinski definition) is 3. The summed E-state index contributed by atoms with van der Waals surface area (Å²) in [5, 5.41) is 9.37. The predicted octanol–water partition coefficient (Wildman–Crippen LogP) is 3.09. The molecule has 2 heterocycles. The third-order valence-corrected chi connectivity index (χ3v) is 12.2. The summed E-state index contributed by atoms with van der Waals surface area (Å²) in [7, 11) is 6.13. The first-order valence-electron chi connectivity index (χ1n) is 19.9. The minimum atomic E-state index is -0.885. The summed E-state index contributed by atoms with van der Waals surface area (Å²) in [6, 6.07) is 7.05. The Balaban J connectivity index is 1.45. The predicted molar refractivity (Wildman–Crippen MR) is 205 cm³/mol. The van der Waals surface area contributed by atoms with Gasteiger partial charge in [0.25, 0.3) is 0 Å². The highest BCUT2D eigenvalue weighted by Gasteiger charge is 2.46. The maximum absolute atomic E-state index is 14.2. The van der Waals surface area contributed by atoms with Crippen molar-refractivity contribution in [1.82, 2.24) is 25.8 Å². The van der Waals surface area contributed by atoms with Crippen molar-refractivity contribution in [2.45, 2.75) is 134 Å². The highest BCUT2D eigenvalue weighted by Crippen LogP contribution is 2.35. The summed E-state index contributed by atoms with van der Waals surface area (Å²) in [6.07, 6.45) is 4.26. The molecule has 1 saturated carbocycles. The smallest absolute Gasteiger partial charge is 0.328 e. The van der Waals surface area contributed by atoms with Crippen molar-refractivity contribution < 1.29 is 38.2 Å². The number of piperidine rings is 1. The summed E-state index contributed by atoms with van der Waals surface area (Å²) in [5.41, 5.74) is 0.880. The van der Waals surface area contributed by atoms with Gasteiger partial charge in [0.15, 0.2) is 0 Å². The Kier molecular flexibility index (Phi) is 15.9. The van der Waals surface area contributed by atoms with E-state index in [1.54, 1.807) is 30.9 Å². The molecule has 2 saturated heterocycles. The number of nitrogens with zero attached hydrogens (tertiary/aromatic N) is 2. The third-order valence-electron chi connectivity index (χ3n) is 12.2. The number of carbonyl (C=O) groups is 5. The molecule has 0 radical (unpaired) electrons. The Morgan fingerprint density at radius 1 is 0.963 bits per heavy atom. The van der Waals surface area contributed by atoms with Gasteiger partial charge >= 0.3 is 5.97 Å². The van der Waals surface area contributed by atoms with Crippen LogP contribution < -0.4 is 16.0 Å². The number of benzene rings is 1. The minimum Gasteiger partial charge on any atom is -0.467 e. The van der Waals surface area contributed by atoms with E-state index >= 15 is 0 Å². The molecular formula is C41H65N5O8. The van der Waals surface area contributed by atoms with Gasteiger partial charge in [0, 0.05) is 40.3 Å². The van der Waals surface area contributed by atoms with E-state index in [4.69, 9.17) is 14.2 Å². The van der Waals surface area contributed by atoms with Crippen LogP contribution in [0.2, 0.25) is 0 Å². The van der Waals surface area contributed by atoms with E-state index in [0.717, 1.165) is 37.7 Å². The zero-order valence-electron chi connectivity index (χ0n) is 33.8. The highest BCUT2D eigenvalue weighted by molar-refractivity contribution is 5.90. The molecule has 2 aliphatic heterocycles. The number of ether oxygens (including phenoxy) is 3. The van der Waals surface area contributed by atoms with Crippen molar-refractivity contribution >= 4 is 29.6 Å². The summed E-state index contributed by atoms with van der Waals surface area (Å²) in [6.45, 7) is 10.2. The molecular weight excluding hydrogens is 690 g/mol. The molecule has 4 rings (SSSR count). The normalized spacial score (nSPS) is 24.6. The molecule has 54 heavy (non-hydrogen) atoms. The Bertz CT molecular complexity index is 1430. The van der Waals surface area contributed by atoms with Crippen molar-refractivity contribution in [3.05, 3.63) is 35.9 Å². The molecule has 302 valence electrons. The van der Waals surface area contributed by atoms with Gasteiger partial charge in [-0.1, -0.05) is 71.4 Å². The number of methoxy groups -OCH3 is 3. The number of carbonyl (C=O) groups excluding carboxylic acids is 5. The fourth-order valence-electron chi connectivity index (χ4n) is 8.92. The topological polar surface area (TPSA) is 156 Å². The van der Waals surface area contributed by atoms with E-state index in [2.05, 4.69) is 16.0 Å². The van der Waals surface area contributed by atoms with Crippen molar-refractivity contribution in [3.63, 3.8) is 0 Å². The first kappa shape index (κ1) is 43.2. The van der Waals surface area contributed by atoms with Gasteiger partial charge in [-0.2, -0.15) is 0 Å². The van der Waals surface area contributed by atoms with Crippen LogP contribution in [-0.4, -0.2) is 123 Å². The number of nitrogens with one attached hydrogen (secondary N) is 3. The van der Waals surface area contributed by atoms with Crippen molar-refractivity contribution in [2.75, 3.05) is 34.9 Å². The number of rotatable bonds is 19. The molecule has 1 aromatic carbocycles. The number of likely N-dealkylation sites (tertiary alicyclic amines) is 1. The summed E-state index contributed by atoms with van der Waals surface area (Å²) < 4.78 is 17.0. The van der Waals surface area contributed by atoms with Gasteiger partial charge in [0.1, 0.15) is 12.1 Å². The van der Waals surface area contributed by atoms with E-state index in [0.29, 0.717) is 24.9 Å². The van der Waals surface area contributed by atoms with E-state index in [1.807, 2.05) is 58.0 Å². The zero-order valence-corrected chi connectivity index (χ0v) is 33.8. The molecule has 4 amide bonds. The van der Waals surface area contributed by atoms with E-state index in [-0.39, 0.29) is 60.4 Å². The maximum Gasteiger partial charge on any atom is 0.328 e. The standard InChI is InChI=1S/C41H65N5O8/c1-10-25(4)36(45(6)40(50)34(24(2)3)44-39(49)35-28-18-19-29(22-28)42-35)32(52-7)23-33(47)46-20-14-17-31(46)37(53-8)26(5)38(48)43-30(41(51)54-9)21-27-15-12-11-13-16-27/h11-13,15-16,24-26,28-32,34-37,42H,10,14,17-23H2,1-9H3,(H,43,48)(H,44,49)/t25-,26+,28-,29+,30-,31-,32+,34-,35-,36-,37+/m0/s1. The third kappa shape index (κ3) is 10.2. The van der Waals surface area contributed by atoms with Crippen LogP contribution in [0.4, 0.5) is 0 Å². The molecule has 3 aliphatic rings. The fraction of sp³-hybridized carbons (Fsp3) is 0.732. The summed E-state index contributed by atoms with van der Waals surface area (Å²) in [4.78, 5) is 71.6. The first-order chi connectivity index (χ1) is 25.8. The lowest BCUT2D eigenvalue weighted by Gasteiger charge is -2.41. The maximum atomic E-state index is 14.2. The molecule has 3 fully saturated rings. The van der Waals surface area contributed by atoms with Crippen LogP contribution in [-0.2, 0) is 44.6 Å². The average molecular weight is 756 g/mol.